The zero-order chi connectivity index (χ0) is 19.2. The van der Waals surface area contributed by atoms with Crippen molar-refractivity contribution in [3.8, 4) is 0 Å². The predicted molar refractivity (Wildman–Crippen MR) is 102 cm³/mol. The average molecular weight is 403 g/mol. The Kier molecular flexibility index (Phi) is 7.88. The van der Waals surface area contributed by atoms with E-state index < -0.39 is 10.0 Å². The van der Waals surface area contributed by atoms with Crippen LogP contribution in [0.1, 0.15) is 33.1 Å². The number of ether oxygens (including phenoxy) is 1. The van der Waals surface area contributed by atoms with E-state index in [1.54, 1.807) is 12.1 Å². The van der Waals surface area contributed by atoms with E-state index in [0.29, 0.717) is 44.1 Å². The number of nitrogens with one attached hydrogen (secondary N) is 1. The minimum atomic E-state index is -3.53. The van der Waals surface area contributed by atoms with Crippen LogP contribution >= 0.6 is 11.6 Å². The average Bonchev–Trinajstić information content (AvgIpc) is 2.61. The van der Waals surface area contributed by atoms with E-state index in [0.717, 1.165) is 6.42 Å². The second-order valence-electron chi connectivity index (χ2n) is 6.70. The van der Waals surface area contributed by atoms with Crippen LogP contribution in [-0.2, 0) is 19.6 Å². The zero-order valence-corrected chi connectivity index (χ0v) is 16.9. The summed E-state index contributed by atoms with van der Waals surface area (Å²) in [6.45, 7) is 5.85. The van der Waals surface area contributed by atoms with Gasteiger partial charge < -0.3 is 10.1 Å². The van der Waals surface area contributed by atoms with Gasteiger partial charge in [0.15, 0.2) is 0 Å². The van der Waals surface area contributed by atoms with Crippen LogP contribution in [-0.4, -0.2) is 51.0 Å². The Bertz CT molecular complexity index is 684. The number of hydrogen-bond acceptors (Lipinski definition) is 4. The van der Waals surface area contributed by atoms with E-state index in [2.05, 4.69) is 5.32 Å². The van der Waals surface area contributed by atoms with Gasteiger partial charge in [0, 0.05) is 37.2 Å². The Morgan fingerprint density at radius 1 is 1.27 bits per heavy atom. The molecule has 26 heavy (non-hydrogen) atoms. The van der Waals surface area contributed by atoms with Crippen molar-refractivity contribution in [3.63, 3.8) is 0 Å². The van der Waals surface area contributed by atoms with Gasteiger partial charge in [-0.3, -0.25) is 4.79 Å². The SMILES string of the molecule is CC(C)OCCCNC(=O)C1CCN(S(=O)(=O)c2ccc(Cl)cc2)CC1. The van der Waals surface area contributed by atoms with Crippen molar-refractivity contribution in [2.24, 2.45) is 5.92 Å². The van der Waals surface area contributed by atoms with Crippen LogP contribution in [0, 0.1) is 5.92 Å². The van der Waals surface area contributed by atoms with Crippen molar-refractivity contribution in [1.82, 2.24) is 9.62 Å². The maximum Gasteiger partial charge on any atom is 0.243 e. The van der Waals surface area contributed by atoms with Crippen LogP contribution in [0.2, 0.25) is 5.02 Å². The number of sulfonamides is 1. The zero-order valence-electron chi connectivity index (χ0n) is 15.3. The highest BCUT2D eigenvalue weighted by Crippen LogP contribution is 2.24. The molecule has 0 radical (unpaired) electrons. The fourth-order valence-electron chi connectivity index (χ4n) is 2.86. The van der Waals surface area contributed by atoms with Crippen LogP contribution in [0.5, 0.6) is 0 Å². The quantitative estimate of drug-likeness (QED) is 0.678. The Morgan fingerprint density at radius 2 is 1.88 bits per heavy atom. The largest absolute Gasteiger partial charge is 0.379 e. The van der Waals surface area contributed by atoms with Gasteiger partial charge in [-0.25, -0.2) is 8.42 Å². The molecule has 0 aliphatic carbocycles. The van der Waals surface area contributed by atoms with Crippen molar-refractivity contribution in [2.45, 2.75) is 44.1 Å². The molecular weight excluding hydrogens is 376 g/mol. The number of carbonyl (C=O) groups is 1. The molecule has 0 aromatic heterocycles. The Balaban J connectivity index is 1.79. The summed E-state index contributed by atoms with van der Waals surface area (Å²) >= 11 is 5.82. The molecular formula is C18H27ClN2O4S. The molecule has 146 valence electrons. The van der Waals surface area contributed by atoms with Gasteiger partial charge in [0.2, 0.25) is 15.9 Å². The summed E-state index contributed by atoms with van der Waals surface area (Å²) in [5.74, 6) is -0.143. The van der Waals surface area contributed by atoms with Crippen molar-refractivity contribution in [1.29, 1.82) is 0 Å². The van der Waals surface area contributed by atoms with Crippen molar-refractivity contribution in [3.05, 3.63) is 29.3 Å². The molecule has 1 heterocycles. The summed E-state index contributed by atoms with van der Waals surface area (Å²) in [5.41, 5.74) is 0. The number of amides is 1. The summed E-state index contributed by atoms with van der Waals surface area (Å²) in [5, 5.41) is 3.41. The molecule has 8 heteroatoms. The minimum absolute atomic E-state index is 0.00177. The molecule has 1 aliphatic heterocycles. The number of piperidine rings is 1. The third-order valence-electron chi connectivity index (χ3n) is 4.35. The lowest BCUT2D eigenvalue weighted by Crippen LogP contribution is -2.43. The third kappa shape index (κ3) is 5.94. The van der Waals surface area contributed by atoms with Gasteiger partial charge in [-0.15, -0.1) is 0 Å². The van der Waals surface area contributed by atoms with Gasteiger partial charge in [-0.2, -0.15) is 4.31 Å². The number of hydrogen-bond donors (Lipinski definition) is 1. The number of rotatable bonds is 8. The van der Waals surface area contributed by atoms with E-state index in [1.807, 2.05) is 13.8 Å². The first-order chi connectivity index (χ1) is 12.3. The number of benzene rings is 1. The van der Waals surface area contributed by atoms with Gasteiger partial charge in [0.1, 0.15) is 0 Å². The Labute approximate surface area is 160 Å². The van der Waals surface area contributed by atoms with Crippen LogP contribution < -0.4 is 5.32 Å². The highest BCUT2D eigenvalue weighted by atomic mass is 35.5. The fourth-order valence-corrected chi connectivity index (χ4v) is 4.46. The van der Waals surface area contributed by atoms with E-state index in [4.69, 9.17) is 16.3 Å². The second-order valence-corrected chi connectivity index (χ2v) is 9.07. The van der Waals surface area contributed by atoms with Gasteiger partial charge >= 0.3 is 0 Å². The lowest BCUT2D eigenvalue weighted by atomic mass is 9.97. The van der Waals surface area contributed by atoms with Gasteiger partial charge in [-0.1, -0.05) is 11.6 Å². The number of carbonyl (C=O) groups excluding carboxylic acids is 1. The molecule has 2 rings (SSSR count). The Morgan fingerprint density at radius 3 is 2.46 bits per heavy atom. The summed E-state index contributed by atoms with van der Waals surface area (Å²) in [6, 6.07) is 6.15. The highest BCUT2D eigenvalue weighted by Gasteiger charge is 2.31. The van der Waals surface area contributed by atoms with Crippen LogP contribution in [0.4, 0.5) is 0 Å². The van der Waals surface area contributed by atoms with Gasteiger partial charge in [0.05, 0.1) is 11.0 Å². The Hall–Kier alpha value is -1.15. The van der Waals surface area contributed by atoms with Gasteiger partial charge in [0.25, 0.3) is 0 Å². The number of halogens is 1. The normalized spacial score (nSPS) is 16.8. The van der Waals surface area contributed by atoms with E-state index in [1.165, 1.54) is 16.4 Å². The molecule has 0 bridgehead atoms. The minimum Gasteiger partial charge on any atom is -0.379 e. The summed E-state index contributed by atoms with van der Waals surface area (Å²) in [6.07, 6.45) is 2.02. The standard InChI is InChI=1S/C18H27ClN2O4S/c1-14(2)25-13-3-10-20-18(22)15-8-11-21(12-9-15)26(23,24)17-6-4-16(19)5-7-17/h4-7,14-15H,3,8-13H2,1-2H3,(H,20,22). The molecule has 0 atom stereocenters. The maximum absolute atomic E-state index is 12.6. The van der Waals surface area contributed by atoms with Crippen molar-refractivity contribution in [2.75, 3.05) is 26.2 Å². The molecule has 1 amide bonds. The van der Waals surface area contributed by atoms with Crippen LogP contribution in [0.25, 0.3) is 0 Å². The highest BCUT2D eigenvalue weighted by molar-refractivity contribution is 7.89. The van der Waals surface area contributed by atoms with Crippen LogP contribution in [0.3, 0.4) is 0 Å². The third-order valence-corrected chi connectivity index (χ3v) is 6.51. The lowest BCUT2D eigenvalue weighted by Gasteiger charge is -2.30. The molecule has 0 unspecified atom stereocenters. The monoisotopic (exact) mass is 402 g/mol. The van der Waals surface area contributed by atoms with Crippen LogP contribution in [0.15, 0.2) is 29.2 Å². The fraction of sp³-hybridized carbons (Fsp3) is 0.611. The molecule has 1 aliphatic rings. The van der Waals surface area contributed by atoms with E-state index in [-0.39, 0.29) is 22.8 Å². The summed E-state index contributed by atoms with van der Waals surface area (Å²) < 4.78 is 32.2. The summed E-state index contributed by atoms with van der Waals surface area (Å²) in [7, 11) is -3.53. The second kappa shape index (κ2) is 9.69. The molecule has 0 saturated carbocycles. The predicted octanol–water partition coefficient (Wildman–Crippen LogP) is 2.67. The summed E-state index contributed by atoms with van der Waals surface area (Å²) in [4.78, 5) is 12.5. The molecule has 0 spiro atoms. The smallest absolute Gasteiger partial charge is 0.243 e. The van der Waals surface area contributed by atoms with Gasteiger partial charge in [-0.05, 0) is 57.4 Å². The molecule has 1 aromatic rings. The molecule has 1 aromatic carbocycles. The topological polar surface area (TPSA) is 75.7 Å². The van der Waals surface area contributed by atoms with Crippen molar-refractivity contribution >= 4 is 27.5 Å². The van der Waals surface area contributed by atoms with E-state index in [9.17, 15) is 13.2 Å². The molecule has 6 nitrogen and oxygen atoms in total. The first-order valence-electron chi connectivity index (χ1n) is 8.95. The van der Waals surface area contributed by atoms with E-state index >= 15 is 0 Å². The first-order valence-corrected chi connectivity index (χ1v) is 10.8. The molecule has 1 saturated heterocycles. The molecule has 1 N–H and O–H groups in total. The lowest BCUT2D eigenvalue weighted by molar-refractivity contribution is -0.126. The molecule has 1 fully saturated rings. The van der Waals surface area contributed by atoms with Crippen molar-refractivity contribution < 1.29 is 17.9 Å². The number of nitrogens with zero attached hydrogens (tertiary/aromatic N) is 1. The maximum atomic E-state index is 12.6. The first kappa shape index (κ1) is 21.2.